The summed E-state index contributed by atoms with van der Waals surface area (Å²) in [5.74, 6) is -1.80. The number of rotatable bonds is 3. The van der Waals surface area contributed by atoms with Crippen molar-refractivity contribution in [3.63, 3.8) is 0 Å². The summed E-state index contributed by atoms with van der Waals surface area (Å²) in [6.07, 6.45) is 4.72. The fourth-order valence-electron chi connectivity index (χ4n) is 1.61. The van der Waals surface area contributed by atoms with Gasteiger partial charge in [0, 0.05) is 12.0 Å². The van der Waals surface area contributed by atoms with Gasteiger partial charge in [-0.3, -0.25) is 9.59 Å². The van der Waals surface area contributed by atoms with Gasteiger partial charge in [-0.05, 0) is 12.5 Å². The van der Waals surface area contributed by atoms with E-state index in [1.807, 2.05) is 6.08 Å². The monoisotopic (exact) mass is 190 g/mol. The standard InChI is InChI=1S/C11H10O3/c1-6(5-12)10(13)8-3-2-7-4-9(7)11(8)14/h2-3,5-6,8H,4H2,1H3. The van der Waals surface area contributed by atoms with Crippen molar-refractivity contribution >= 4 is 17.9 Å². The van der Waals surface area contributed by atoms with Gasteiger partial charge in [-0.25, -0.2) is 0 Å². The number of ketones is 2. The fourth-order valence-corrected chi connectivity index (χ4v) is 1.61. The maximum Gasteiger partial charge on any atom is 0.173 e. The maximum atomic E-state index is 11.6. The molecule has 14 heavy (non-hydrogen) atoms. The van der Waals surface area contributed by atoms with Gasteiger partial charge in [-0.15, -0.1) is 0 Å². The molecule has 0 saturated carbocycles. The van der Waals surface area contributed by atoms with Crippen LogP contribution >= 0.6 is 0 Å². The smallest absolute Gasteiger partial charge is 0.173 e. The van der Waals surface area contributed by atoms with Crippen LogP contribution in [0.3, 0.4) is 0 Å². The summed E-state index contributed by atoms with van der Waals surface area (Å²) in [6.45, 7) is 1.52. The van der Waals surface area contributed by atoms with E-state index in [1.165, 1.54) is 6.92 Å². The van der Waals surface area contributed by atoms with Gasteiger partial charge in [0.1, 0.15) is 6.29 Å². The molecule has 0 aromatic heterocycles. The molecule has 2 atom stereocenters. The molecule has 0 aliphatic heterocycles. The third-order valence-electron chi connectivity index (χ3n) is 2.66. The fraction of sp³-hybridized carbons (Fsp3) is 0.364. The number of allylic oxidation sites excluding steroid dienone is 4. The van der Waals surface area contributed by atoms with Crippen LogP contribution in [0.25, 0.3) is 0 Å². The number of hydrogen-bond donors (Lipinski definition) is 0. The lowest BCUT2D eigenvalue weighted by molar-refractivity contribution is -0.132. The Balaban J connectivity index is 2.17. The van der Waals surface area contributed by atoms with Gasteiger partial charge < -0.3 is 4.79 Å². The van der Waals surface area contributed by atoms with Crippen LogP contribution in [0, 0.1) is 11.8 Å². The molecular formula is C11H10O3. The highest BCUT2D eigenvalue weighted by Gasteiger charge is 2.38. The van der Waals surface area contributed by atoms with E-state index >= 15 is 0 Å². The van der Waals surface area contributed by atoms with E-state index in [-0.39, 0.29) is 11.6 Å². The minimum atomic E-state index is -0.712. The molecule has 3 heteroatoms. The number of carbonyl (C=O) groups is 3. The van der Waals surface area contributed by atoms with E-state index in [4.69, 9.17) is 0 Å². The molecular weight excluding hydrogens is 180 g/mol. The zero-order valence-corrected chi connectivity index (χ0v) is 7.82. The van der Waals surface area contributed by atoms with E-state index in [0.29, 0.717) is 12.7 Å². The molecule has 2 unspecified atom stereocenters. The lowest BCUT2D eigenvalue weighted by Gasteiger charge is -2.11. The molecule has 3 nitrogen and oxygen atoms in total. The molecule has 0 aromatic rings. The molecule has 0 spiro atoms. The Morgan fingerprint density at radius 1 is 1.64 bits per heavy atom. The predicted molar refractivity (Wildman–Crippen MR) is 49.5 cm³/mol. The average Bonchev–Trinajstić information content (AvgIpc) is 2.96. The van der Waals surface area contributed by atoms with E-state index < -0.39 is 11.8 Å². The second-order valence-corrected chi connectivity index (χ2v) is 3.71. The highest BCUT2D eigenvalue weighted by Crippen LogP contribution is 2.39. The van der Waals surface area contributed by atoms with Gasteiger partial charge in [0.25, 0.3) is 0 Å². The Morgan fingerprint density at radius 2 is 2.36 bits per heavy atom. The summed E-state index contributed by atoms with van der Waals surface area (Å²) in [7, 11) is 0. The van der Waals surface area contributed by atoms with Crippen LogP contribution in [-0.2, 0) is 14.4 Å². The van der Waals surface area contributed by atoms with E-state index in [0.717, 1.165) is 11.1 Å². The van der Waals surface area contributed by atoms with Crippen LogP contribution in [0.1, 0.15) is 13.3 Å². The van der Waals surface area contributed by atoms with Gasteiger partial charge in [0.15, 0.2) is 11.6 Å². The summed E-state index contributed by atoms with van der Waals surface area (Å²) < 4.78 is 0. The molecule has 0 heterocycles. The molecule has 0 radical (unpaired) electrons. The summed E-state index contributed by atoms with van der Waals surface area (Å²) in [4.78, 5) is 33.6. The molecule has 2 aliphatic carbocycles. The first-order valence-electron chi connectivity index (χ1n) is 4.58. The molecule has 72 valence electrons. The first kappa shape index (κ1) is 9.06. The molecule has 0 aromatic carbocycles. The minimum Gasteiger partial charge on any atom is -0.303 e. The zero-order chi connectivity index (χ0) is 10.3. The quantitative estimate of drug-likeness (QED) is 0.489. The molecule has 0 amide bonds. The molecule has 2 rings (SSSR count). The highest BCUT2D eigenvalue weighted by molar-refractivity contribution is 6.18. The van der Waals surface area contributed by atoms with Crippen molar-refractivity contribution in [3.05, 3.63) is 23.3 Å². The van der Waals surface area contributed by atoms with Gasteiger partial charge in [0.2, 0.25) is 0 Å². The topological polar surface area (TPSA) is 51.2 Å². The van der Waals surface area contributed by atoms with E-state index in [2.05, 4.69) is 0 Å². The number of aldehydes is 1. The summed E-state index contributed by atoms with van der Waals surface area (Å²) >= 11 is 0. The Hall–Kier alpha value is -1.51. The first-order valence-corrected chi connectivity index (χ1v) is 4.58. The summed E-state index contributed by atoms with van der Waals surface area (Å²) in [5, 5.41) is 0. The Bertz CT molecular complexity index is 387. The van der Waals surface area contributed by atoms with Gasteiger partial charge in [0.05, 0.1) is 11.8 Å². The maximum absolute atomic E-state index is 11.6. The predicted octanol–water partition coefficient (Wildman–Crippen LogP) is 0.846. The normalized spacial score (nSPS) is 25.8. The van der Waals surface area contributed by atoms with Crippen LogP contribution in [-0.4, -0.2) is 17.9 Å². The number of Topliss-reactive ketones (excluding diaryl/α,β-unsaturated/α-hetero) is 2. The van der Waals surface area contributed by atoms with Crippen molar-refractivity contribution in [1.29, 1.82) is 0 Å². The minimum absolute atomic E-state index is 0.110. The first-order chi connectivity index (χ1) is 6.65. The Labute approximate surface area is 81.5 Å². The lowest BCUT2D eigenvalue weighted by atomic mass is 9.88. The zero-order valence-electron chi connectivity index (χ0n) is 7.82. The molecule has 0 saturated heterocycles. The van der Waals surface area contributed by atoms with E-state index in [9.17, 15) is 14.4 Å². The summed E-state index contributed by atoms with van der Waals surface area (Å²) in [6, 6.07) is 0. The largest absolute Gasteiger partial charge is 0.303 e. The SMILES string of the molecule is CC(C=O)C(=O)C1C=CC2=C(C2)C1=O. The third-order valence-corrected chi connectivity index (χ3v) is 2.66. The van der Waals surface area contributed by atoms with E-state index in [1.54, 1.807) is 6.08 Å². The van der Waals surface area contributed by atoms with Gasteiger partial charge in [-0.2, -0.15) is 0 Å². The molecule has 0 bridgehead atoms. The average molecular weight is 190 g/mol. The van der Waals surface area contributed by atoms with Crippen molar-refractivity contribution in [2.24, 2.45) is 11.8 Å². The van der Waals surface area contributed by atoms with Crippen molar-refractivity contribution in [2.45, 2.75) is 13.3 Å². The Morgan fingerprint density at radius 3 is 3.00 bits per heavy atom. The van der Waals surface area contributed by atoms with Gasteiger partial charge >= 0.3 is 0 Å². The van der Waals surface area contributed by atoms with Crippen LogP contribution in [0.5, 0.6) is 0 Å². The molecule has 2 aliphatic rings. The second kappa shape index (κ2) is 3.01. The Kier molecular flexibility index (Phi) is 1.95. The highest BCUT2D eigenvalue weighted by atomic mass is 16.2. The van der Waals surface area contributed by atoms with Crippen molar-refractivity contribution < 1.29 is 14.4 Å². The van der Waals surface area contributed by atoms with Crippen molar-refractivity contribution in [1.82, 2.24) is 0 Å². The second-order valence-electron chi connectivity index (χ2n) is 3.71. The van der Waals surface area contributed by atoms with Crippen LogP contribution < -0.4 is 0 Å². The van der Waals surface area contributed by atoms with Crippen molar-refractivity contribution in [2.75, 3.05) is 0 Å². The number of carbonyl (C=O) groups excluding carboxylic acids is 3. The van der Waals surface area contributed by atoms with Crippen LogP contribution in [0.15, 0.2) is 23.3 Å². The number of hydrogen-bond acceptors (Lipinski definition) is 3. The van der Waals surface area contributed by atoms with Gasteiger partial charge in [-0.1, -0.05) is 12.2 Å². The lowest BCUT2D eigenvalue weighted by Crippen LogP contribution is -2.28. The third kappa shape index (κ3) is 1.25. The van der Waals surface area contributed by atoms with Crippen LogP contribution in [0.2, 0.25) is 0 Å². The molecule has 0 fully saturated rings. The van der Waals surface area contributed by atoms with Crippen LogP contribution in [0.4, 0.5) is 0 Å². The summed E-state index contributed by atoms with van der Waals surface area (Å²) in [5.41, 5.74) is 1.81. The van der Waals surface area contributed by atoms with Crippen molar-refractivity contribution in [3.8, 4) is 0 Å². The molecule has 0 N–H and O–H groups in total.